The molecule has 1 atom stereocenters. The highest BCUT2D eigenvalue weighted by Gasteiger charge is 2.15. The van der Waals surface area contributed by atoms with Crippen LogP contribution in [0.15, 0.2) is 18.2 Å². The van der Waals surface area contributed by atoms with Crippen molar-refractivity contribution in [3.63, 3.8) is 0 Å². The van der Waals surface area contributed by atoms with Crippen LogP contribution < -0.4 is 10.5 Å². The molecule has 0 spiro atoms. The molecule has 27 heavy (non-hydrogen) atoms. The quantitative estimate of drug-likeness (QED) is 0.254. The van der Waals surface area contributed by atoms with Crippen molar-refractivity contribution in [2.24, 2.45) is 5.73 Å². The van der Waals surface area contributed by atoms with Crippen molar-refractivity contribution < 1.29 is 24.5 Å². The van der Waals surface area contributed by atoms with Crippen LogP contribution in [0.25, 0.3) is 0 Å². The van der Waals surface area contributed by atoms with Crippen molar-refractivity contribution in [2.75, 3.05) is 0 Å². The lowest BCUT2D eigenvalue weighted by Gasteiger charge is -2.10. The number of carbonyl (C=O) groups excluding carboxylic acids is 1. The van der Waals surface area contributed by atoms with Crippen LogP contribution in [0.1, 0.15) is 76.7 Å². The molecule has 0 saturated heterocycles. The number of nitrogens with two attached hydrogens (primary N) is 1. The molecule has 0 aliphatic carbocycles. The summed E-state index contributed by atoms with van der Waals surface area (Å²) in [7, 11) is 0. The number of aromatic hydroxyl groups is 1. The van der Waals surface area contributed by atoms with Gasteiger partial charge >= 0.3 is 11.9 Å². The van der Waals surface area contributed by atoms with Gasteiger partial charge in [-0.1, -0.05) is 64.4 Å². The molecule has 1 unspecified atom stereocenters. The Morgan fingerprint density at radius 2 is 1.63 bits per heavy atom. The van der Waals surface area contributed by atoms with E-state index in [4.69, 9.17) is 15.6 Å². The predicted molar refractivity (Wildman–Crippen MR) is 105 cm³/mol. The second-order valence-corrected chi connectivity index (χ2v) is 7.00. The fraction of sp³-hybridized carbons (Fsp3) is 0.619. The Bertz CT molecular complexity index is 588. The van der Waals surface area contributed by atoms with Gasteiger partial charge < -0.3 is 20.7 Å². The highest BCUT2D eigenvalue weighted by molar-refractivity contribution is 5.74. The molecule has 1 rings (SSSR count). The molecular weight excluding hydrogens is 346 g/mol. The number of phenols is 1. The zero-order chi connectivity index (χ0) is 20.1. The maximum Gasteiger partial charge on any atom is 0.320 e. The van der Waals surface area contributed by atoms with Crippen LogP contribution >= 0.6 is 0 Å². The van der Waals surface area contributed by atoms with Gasteiger partial charge in [-0.05, 0) is 30.5 Å². The standard InChI is InChI=1S/C21H33NO5/c1-2-3-4-5-6-7-8-9-10-11-20(24)27-19-15-16(12-13-18(19)23)14-17(22)21(25)26/h12-13,15,17,23H,2-11,14,22H2,1H3,(H,25,26). The van der Waals surface area contributed by atoms with Crippen molar-refractivity contribution in [3.8, 4) is 11.5 Å². The van der Waals surface area contributed by atoms with Crippen molar-refractivity contribution in [1.29, 1.82) is 0 Å². The van der Waals surface area contributed by atoms with Crippen LogP contribution in [-0.4, -0.2) is 28.2 Å². The molecule has 0 aromatic heterocycles. The highest BCUT2D eigenvalue weighted by Crippen LogP contribution is 2.28. The molecular formula is C21H33NO5. The number of carbonyl (C=O) groups is 2. The minimum Gasteiger partial charge on any atom is -0.504 e. The van der Waals surface area contributed by atoms with Crippen LogP contribution in [0, 0.1) is 0 Å². The van der Waals surface area contributed by atoms with Crippen LogP contribution in [0.2, 0.25) is 0 Å². The van der Waals surface area contributed by atoms with Gasteiger partial charge in [0.2, 0.25) is 0 Å². The van der Waals surface area contributed by atoms with Crippen molar-refractivity contribution in [3.05, 3.63) is 23.8 Å². The molecule has 1 aromatic carbocycles. The first-order chi connectivity index (χ1) is 12.9. The summed E-state index contributed by atoms with van der Waals surface area (Å²) >= 11 is 0. The van der Waals surface area contributed by atoms with E-state index in [9.17, 15) is 14.7 Å². The Kier molecular flexibility index (Phi) is 11.2. The van der Waals surface area contributed by atoms with Crippen molar-refractivity contribution in [2.45, 2.75) is 83.6 Å². The summed E-state index contributed by atoms with van der Waals surface area (Å²) in [6.45, 7) is 2.21. The Labute approximate surface area is 161 Å². The van der Waals surface area contributed by atoms with E-state index in [0.29, 0.717) is 12.0 Å². The summed E-state index contributed by atoms with van der Waals surface area (Å²) in [5.41, 5.74) is 6.10. The van der Waals surface area contributed by atoms with E-state index < -0.39 is 18.0 Å². The fourth-order valence-corrected chi connectivity index (χ4v) is 2.86. The molecule has 0 heterocycles. The summed E-state index contributed by atoms with van der Waals surface area (Å²) in [4.78, 5) is 22.8. The summed E-state index contributed by atoms with van der Waals surface area (Å²) in [5, 5.41) is 18.7. The van der Waals surface area contributed by atoms with E-state index >= 15 is 0 Å². The van der Waals surface area contributed by atoms with Gasteiger partial charge in [0, 0.05) is 6.42 Å². The molecule has 6 heteroatoms. The lowest BCUT2D eigenvalue weighted by Crippen LogP contribution is -2.32. The summed E-state index contributed by atoms with van der Waals surface area (Å²) in [6.07, 6.45) is 10.9. The minimum atomic E-state index is -1.10. The van der Waals surface area contributed by atoms with E-state index in [1.54, 1.807) is 6.07 Å². The van der Waals surface area contributed by atoms with Crippen molar-refractivity contribution in [1.82, 2.24) is 0 Å². The SMILES string of the molecule is CCCCCCCCCCCC(=O)Oc1cc(CC(N)C(=O)O)ccc1O. The van der Waals surface area contributed by atoms with Gasteiger partial charge in [0.05, 0.1) is 0 Å². The molecule has 0 aliphatic rings. The normalized spacial score (nSPS) is 11.9. The molecule has 0 fully saturated rings. The first-order valence-electron chi connectivity index (χ1n) is 9.95. The Balaban J connectivity index is 2.30. The first kappa shape index (κ1) is 23.0. The van der Waals surface area contributed by atoms with Gasteiger partial charge in [-0.15, -0.1) is 0 Å². The largest absolute Gasteiger partial charge is 0.504 e. The number of carboxylic acids is 1. The molecule has 1 aromatic rings. The Morgan fingerprint density at radius 1 is 1.04 bits per heavy atom. The maximum atomic E-state index is 12.0. The Hall–Kier alpha value is -2.08. The number of aliphatic carboxylic acids is 1. The molecule has 0 aliphatic heterocycles. The first-order valence-corrected chi connectivity index (χ1v) is 9.95. The van der Waals surface area contributed by atoms with E-state index in [-0.39, 0.29) is 17.9 Å². The topological polar surface area (TPSA) is 110 Å². The van der Waals surface area contributed by atoms with Gasteiger partial charge in [0.25, 0.3) is 0 Å². The number of phenolic OH excluding ortho intramolecular Hbond substituents is 1. The molecule has 0 amide bonds. The predicted octanol–water partition coefficient (Wildman–Crippen LogP) is 4.17. The lowest BCUT2D eigenvalue weighted by atomic mass is 10.1. The zero-order valence-corrected chi connectivity index (χ0v) is 16.3. The van der Waals surface area contributed by atoms with Crippen LogP contribution in [0.4, 0.5) is 0 Å². The number of unbranched alkanes of at least 4 members (excludes halogenated alkanes) is 8. The number of benzene rings is 1. The van der Waals surface area contributed by atoms with E-state index in [1.165, 1.54) is 50.7 Å². The summed E-state index contributed by atoms with van der Waals surface area (Å²) < 4.78 is 5.22. The lowest BCUT2D eigenvalue weighted by molar-refractivity contribution is -0.138. The average molecular weight is 379 g/mol. The van der Waals surface area contributed by atoms with E-state index in [1.807, 2.05) is 0 Å². The van der Waals surface area contributed by atoms with Crippen molar-refractivity contribution >= 4 is 11.9 Å². The highest BCUT2D eigenvalue weighted by atomic mass is 16.5. The van der Waals surface area contributed by atoms with Gasteiger partial charge in [-0.2, -0.15) is 0 Å². The molecule has 0 radical (unpaired) electrons. The monoisotopic (exact) mass is 379 g/mol. The maximum absolute atomic E-state index is 12.0. The van der Waals surface area contributed by atoms with Crippen LogP contribution in [0.3, 0.4) is 0 Å². The average Bonchev–Trinajstić information content (AvgIpc) is 2.63. The molecule has 6 nitrogen and oxygen atoms in total. The molecule has 4 N–H and O–H groups in total. The number of ether oxygens (including phenoxy) is 1. The number of hydrogen-bond acceptors (Lipinski definition) is 5. The van der Waals surface area contributed by atoms with Gasteiger partial charge in [0.15, 0.2) is 11.5 Å². The summed E-state index contributed by atoms with van der Waals surface area (Å²) in [5.74, 6) is -1.60. The third-order valence-electron chi connectivity index (χ3n) is 4.51. The fourth-order valence-electron chi connectivity index (χ4n) is 2.86. The minimum absolute atomic E-state index is 0.0472. The van der Waals surface area contributed by atoms with E-state index in [0.717, 1.165) is 19.3 Å². The molecule has 0 bridgehead atoms. The molecule has 0 saturated carbocycles. The second kappa shape index (κ2) is 13.1. The number of esters is 1. The number of rotatable bonds is 14. The van der Waals surface area contributed by atoms with Gasteiger partial charge in [-0.3, -0.25) is 9.59 Å². The number of carboxylic acid groups (broad SMARTS) is 1. The zero-order valence-electron chi connectivity index (χ0n) is 16.3. The molecule has 152 valence electrons. The second-order valence-electron chi connectivity index (χ2n) is 7.00. The smallest absolute Gasteiger partial charge is 0.320 e. The Morgan fingerprint density at radius 3 is 2.22 bits per heavy atom. The van der Waals surface area contributed by atoms with Crippen LogP contribution in [0.5, 0.6) is 11.5 Å². The van der Waals surface area contributed by atoms with E-state index in [2.05, 4.69) is 6.92 Å². The van der Waals surface area contributed by atoms with Gasteiger partial charge in [0.1, 0.15) is 6.04 Å². The third-order valence-corrected chi connectivity index (χ3v) is 4.51. The summed E-state index contributed by atoms with van der Waals surface area (Å²) in [6, 6.07) is 3.37. The van der Waals surface area contributed by atoms with Gasteiger partial charge in [-0.25, -0.2) is 0 Å². The third kappa shape index (κ3) is 9.99. The van der Waals surface area contributed by atoms with Crippen LogP contribution in [-0.2, 0) is 16.0 Å². The number of hydrogen-bond donors (Lipinski definition) is 3.